The Kier molecular flexibility index (Phi) is 5.06. The maximum Gasteiger partial charge on any atom is 0.307 e. The number of benzene rings is 1. The summed E-state index contributed by atoms with van der Waals surface area (Å²) in [6.07, 6.45) is 1.75. The van der Waals surface area contributed by atoms with Crippen molar-refractivity contribution in [2.45, 2.75) is 38.6 Å². The fraction of sp³-hybridized carbons (Fsp3) is 0.562. The SMILES string of the molecule is CC(CN1CC(C(=O)O)CCC1C)c1cccc(Cl)c1. The van der Waals surface area contributed by atoms with E-state index in [0.717, 1.165) is 24.4 Å². The smallest absolute Gasteiger partial charge is 0.307 e. The zero-order valence-corrected chi connectivity index (χ0v) is 12.8. The number of carbonyl (C=O) groups is 1. The largest absolute Gasteiger partial charge is 0.481 e. The number of rotatable bonds is 4. The second-order valence-corrected chi connectivity index (χ2v) is 6.31. The monoisotopic (exact) mass is 295 g/mol. The number of aliphatic carboxylic acids is 1. The highest BCUT2D eigenvalue weighted by molar-refractivity contribution is 6.30. The number of halogens is 1. The summed E-state index contributed by atoms with van der Waals surface area (Å²) in [5.41, 5.74) is 1.21. The van der Waals surface area contributed by atoms with Crippen molar-refractivity contribution in [1.29, 1.82) is 0 Å². The van der Waals surface area contributed by atoms with Crippen LogP contribution in [0.2, 0.25) is 5.02 Å². The van der Waals surface area contributed by atoms with Gasteiger partial charge in [-0.1, -0.05) is 30.7 Å². The molecule has 0 spiro atoms. The molecule has 0 radical (unpaired) electrons. The van der Waals surface area contributed by atoms with E-state index in [1.165, 1.54) is 5.56 Å². The predicted octanol–water partition coefficient (Wildman–Crippen LogP) is 3.63. The van der Waals surface area contributed by atoms with Crippen LogP contribution in [0, 0.1) is 5.92 Å². The molecule has 0 saturated carbocycles. The van der Waals surface area contributed by atoms with E-state index in [-0.39, 0.29) is 5.92 Å². The molecule has 2 rings (SSSR count). The fourth-order valence-electron chi connectivity index (χ4n) is 2.91. The highest BCUT2D eigenvalue weighted by Gasteiger charge is 2.30. The Morgan fingerprint density at radius 2 is 2.25 bits per heavy atom. The van der Waals surface area contributed by atoms with Crippen LogP contribution in [-0.4, -0.2) is 35.1 Å². The van der Waals surface area contributed by atoms with Gasteiger partial charge in [0.05, 0.1) is 5.92 Å². The maximum absolute atomic E-state index is 11.2. The third kappa shape index (κ3) is 3.74. The summed E-state index contributed by atoms with van der Waals surface area (Å²) < 4.78 is 0. The summed E-state index contributed by atoms with van der Waals surface area (Å²) in [5, 5.41) is 9.94. The lowest BCUT2D eigenvalue weighted by Gasteiger charge is -2.38. The molecule has 110 valence electrons. The summed E-state index contributed by atoms with van der Waals surface area (Å²) in [5.74, 6) is -0.543. The first kappa shape index (κ1) is 15.3. The van der Waals surface area contributed by atoms with Crippen molar-refractivity contribution >= 4 is 17.6 Å². The third-order valence-corrected chi connectivity index (χ3v) is 4.52. The van der Waals surface area contributed by atoms with Gasteiger partial charge in [-0.15, -0.1) is 0 Å². The number of carboxylic acid groups (broad SMARTS) is 1. The molecule has 1 N–H and O–H groups in total. The summed E-state index contributed by atoms with van der Waals surface area (Å²) in [7, 11) is 0. The summed E-state index contributed by atoms with van der Waals surface area (Å²) in [6.45, 7) is 5.89. The number of carboxylic acids is 1. The van der Waals surface area contributed by atoms with Gasteiger partial charge in [0.2, 0.25) is 0 Å². The molecule has 0 aromatic heterocycles. The lowest BCUT2D eigenvalue weighted by molar-refractivity contribution is -0.144. The van der Waals surface area contributed by atoms with E-state index >= 15 is 0 Å². The van der Waals surface area contributed by atoms with Crippen molar-refractivity contribution in [3.05, 3.63) is 34.9 Å². The molecule has 1 aliphatic heterocycles. The standard InChI is InChI=1S/C16H22ClNO2/c1-11(13-4-3-5-15(17)8-13)9-18-10-14(16(19)20)7-6-12(18)2/h3-5,8,11-12,14H,6-7,9-10H2,1-2H3,(H,19,20). The number of hydrogen-bond acceptors (Lipinski definition) is 2. The molecule has 1 aliphatic rings. The normalized spacial score (nSPS) is 25.4. The number of piperidine rings is 1. The first-order valence-corrected chi connectivity index (χ1v) is 7.57. The van der Waals surface area contributed by atoms with Crippen molar-refractivity contribution in [1.82, 2.24) is 4.90 Å². The lowest BCUT2D eigenvalue weighted by Crippen LogP contribution is -2.45. The molecule has 3 atom stereocenters. The Labute approximate surface area is 125 Å². The highest BCUT2D eigenvalue weighted by Crippen LogP contribution is 2.26. The van der Waals surface area contributed by atoms with E-state index in [1.54, 1.807) is 0 Å². The zero-order valence-electron chi connectivity index (χ0n) is 12.1. The summed E-state index contributed by atoms with van der Waals surface area (Å²) in [4.78, 5) is 13.5. The topological polar surface area (TPSA) is 40.5 Å². The first-order valence-electron chi connectivity index (χ1n) is 7.19. The molecular weight excluding hydrogens is 274 g/mol. The van der Waals surface area contributed by atoms with Gasteiger partial charge in [-0.25, -0.2) is 0 Å². The van der Waals surface area contributed by atoms with Gasteiger partial charge in [0.15, 0.2) is 0 Å². The fourth-order valence-corrected chi connectivity index (χ4v) is 3.10. The Bertz CT molecular complexity index is 477. The lowest BCUT2D eigenvalue weighted by atomic mass is 9.91. The van der Waals surface area contributed by atoms with Crippen LogP contribution in [0.25, 0.3) is 0 Å². The van der Waals surface area contributed by atoms with E-state index in [4.69, 9.17) is 11.6 Å². The molecule has 3 nitrogen and oxygen atoms in total. The number of nitrogens with zero attached hydrogens (tertiary/aromatic N) is 1. The van der Waals surface area contributed by atoms with Gasteiger partial charge in [-0.05, 0) is 43.4 Å². The minimum atomic E-state index is -0.669. The maximum atomic E-state index is 11.2. The third-order valence-electron chi connectivity index (χ3n) is 4.29. The van der Waals surface area contributed by atoms with Crippen molar-refractivity contribution in [3.8, 4) is 0 Å². The summed E-state index contributed by atoms with van der Waals surface area (Å²) >= 11 is 6.03. The molecular formula is C16H22ClNO2. The van der Waals surface area contributed by atoms with E-state index in [2.05, 4.69) is 24.8 Å². The predicted molar refractivity (Wildman–Crippen MR) is 81.3 cm³/mol. The molecule has 0 bridgehead atoms. The molecule has 3 unspecified atom stereocenters. The highest BCUT2D eigenvalue weighted by atomic mass is 35.5. The van der Waals surface area contributed by atoms with E-state index in [9.17, 15) is 9.90 Å². The molecule has 1 saturated heterocycles. The molecule has 20 heavy (non-hydrogen) atoms. The van der Waals surface area contributed by atoms with Gasteiger partial charge in [0, 0.05) is 24.2 Å². The molecule has 0 amide bonds. The van der Waals surface area contributed by atoms with Crippen LogP contribution < -0.4 is 0 Å². The van der Waals surface area contributed by atoms with E-state index in [0.29, 0.717) is 18.5 Å². The molecule has 1 fully saturated rings. The van der Waals surface area contributed by atoms with E-state index in [1.807, 2.05) is 18.2 Å². The second-order valence-electron chi connectivity index (χ2n) is 5.87. The zero-order chi connectivity index (χ0) is 14.7. The Balaban J connectivity index is 2.02. The van der Waals surface area contributed by atoms with E-state index < -0.39 is 5.97 Å². The summed E-state index contributed by atoms with van der Waals surface area (Å²) in [6, 6.07) is 8.37. The quantitative estimate of drug-likeness (QED) is 0.922. The Hall–Kier alpha value is -1.06. The average Bonchev–Trinajstić information content (AvgIpc) is 2.41. The minimum absolute atomic E-state index is 0.224. The molecule has 0 aliphatic carbocycles. The Morgan fingerprint density at radius 1 is 1.50 bits per heavy atom. The minimum Gasteiger partial charge on any atom is -0.481 e. The van der Waals surface area contributed by atoms with Crippen LogP contribution >= 0.6 is 11.6 Å². The molecule has 4 heteroatoms. The van der Waals surface area contributed by atoms with Crippen LogP contribution in [0.3, 0.4) is 0 Å². The van der Waals surface area contributed by atoms with Crippen LogP contribution in [0.1, 0.15) is 38.2 Å². The van der Waals surface area contributed by atoms with Crippen LogP contribution in [0.4, 0.5) is 0 Å². The van der Waals surface area contributed by atoms with Gasteiger partial charge in [0.25, 0.3) is 0 Å². The average molecular weight is 296 g/mol. The second kappa shape index (κ2) is 6.59. The van der Waals surface area contributed by atoms with Crippen molar-refractivity contribution in [2.24, 2.45) is 5.92 Å². The van der Waals surface area contributed by atoms with Crippen LogP contribution in [0.5, 0.6) is 0 Å². The molecule has 1 aromatic carbocycles. The van der Waals surface area contributed by atoms with Crippen LogP contribution in [-0.2, 0) is 4.79 Å². The van der Waals surface area contributed by atoms with Crippen molar-refractivity contribution in [2.75, 3.05) is 13.1 Å². The molecule has 1 heterocycles. The van der Waals surface area contributed by atoms with Gasteiger partial charge in [0.1, 0.15) is 0 Å². The molecule has 1 aromatic rings. The number of hydrogen-bond donors (Lipinski definition) is 1. The first-order chi connectivity index (χ1) is 9.47. The van der Waals surface area contributed by atoms with Crippen molar-refractivity contribution in [3.63, 3.8) is 0 Å². The van der Waals surface area contributed by atoms with Gasteiger partial charge in [-0.2, -0.15) is 0 Å². The van der Waals surface area contributed by atoms with Crippen molar-refractivity contribution < 1.29 is 9.90 Å². The van der Waals surface area contributed by atoms with Gasteiger partial charge >= 0.3 is 5.97 Å². The van der Waals surface area contributed by atoms with Gasteiger partial charge < -0.3 is 5.11 Å². The Morgan fingerprint density at radius 3 is 2.90 bits per heavy atom. The van der Waals surface area contributed by atoms with Crippen LogP contribution in [0.15, 0.2) is 24.3 Å². The van der Waals surface area contributed by atoms with Gasteiger partial charge in [-0.3, -0.25) is 9.69 Å². The number of likely N-dealkylation sites (tertiary alicyclic amines) is 1.